The third kappa shape index (κ3) is 3.38. The predicted octanol–water partition coefficient (Wildman–Crippen LogP) is 1.63. The fourth-order valence-corrected chi connectivity index (χ4v) is 1.68. The normalized spacial score (nSPS) is 11.5. The number of pyridine rings is 1. The maximum absolute atomic E-state index is 12.0. The van der Waals surface area contributed by atoms with Gasteiger partial charge in [0.05, 0.1) is 0 Å². The molecule has 1 heterocycles. The van der Waals surface area contributed by atoms with Crippen LogP contribution in [-0.4, -0.2) is 11.3 Å². The van der Waals surface area contributed by atoms with E-state index in [1.54, 1.807) is 22.6 Å². The first-order chi connectivity index (χ1) is 6.83. The molecule has 0 aliphatic carbocycles. The van der Waals surface area contributed by atoms with Gasteiger partial charge in [-0.15, -0.1) is 13.2 Å². The van der Waals surface area contributed by atoms with E-state index in [4.69, 9.17) is 11.5 Å². The maximum atomic E-state index is 12.0. The summed E-state index contributed by atoms with van der Waals surface area (Å²) in [5, 5.41) is 0. The van der Waals surface area contributed by atoms with Crippen molar-refractivity contribution in [2.75, 3.05) is 5.73 Å². The standard InChI is InChI=1S/C7H7F3IN3O/c8-7(9,10)15-5-3(2-12)1-4(13)14-6(5)11/h1H,2,12H2,(H2,13,14). The van der Waals surface area contributed by atoms with Crippen molar-refractivity contribution in [3.8, 4) is 5.75 Å². The number of halogens is 4. The second-order valence-electron chi connectivity index (χ2n) is 2.58. The Balaban J connectivity index is 3.15. The van der Waals surface area contributed by atoms with Crippen molar-refractivity contribution in [3.05, 3.63) is 15.3 Å². The molecule has 0 aliphatic rings. The van der Waals surface area contributed by atoms with Crippen LogP contribution in [0.15, 0.2) is 6.07 Å². The lowest BCUT2D eigenvalue weighted by molar-refractivity contribution is -0.275. The second-order valence-corrected chi connectivity index (χ2v) is 3.60. The van der Waals surface area contributed by atoms with Crippen LogP contribution >= 0.6 is 22.6 Å². The molecule has 0 amide bonds. The van der Waals surface area contributed by atoms with E-state index in [-0.39, 0.29) is 27.4 Å². The van der Waals surface area contributed by atoms with Crippen molar-refractivity contribution in [1.82, 2.24) is 4.98 Å². The van der Waals surface area contributed by atoms with Gasteiger partial charge in [0.15, 0.2) is 5.75 Å². The SMILES string of the molecule is NCc1cc(N)nc(I)c1OC(F)(F)F. The number of aromatic nitrogens is 1. The van der Waals surface area contributed by atoms with E-state index >= 15 is 0 Å². The number of hydrogen-bond donors (Lipinski definition) is 2. The van der Waals surface area contributed by atoms with Crippen LogP contribution in [0, 0.1) is 3.70 Å². The van der Waals surface area contributed by atoms with E-state index in [9.17, 15) is 13.2 Å². The molecule has 84 valence electrons. The zero-order valence-corrected chi connectivity index (χ0v) is 9.46. The van der Waals surface area contributed by atoms with Gasteiger partial charge in [-0.2, -0.15) is 0 Å². The molecule has 0 spiro atoms. The molecule has 1 aromatic heterocycles. The molecule has 0 atom stereocenters. The Labute approximate surface area is 96.9 Å². The molecule has 8 heteroatoms. The van der Waals surface area contributed by atoms with Gasteiger partial charge in [-0.1, -0.05) is 0 Å². The quantitative estimate of drug-likeness (QED) is 0.637. The molecular formula is C7H7F3IN3O. The fourth-order valence-electron chi connectivity index (χ4n) is 0.948. The van der Waals surface area contributed by atoms with Crippen molar-refractivity contribution in [2.45, 2.75) is 12.9 Å². The van der Waals surface area contributed by atoms with Gasteiger partial charge in [0.25, 0.3) is 0 Å². The summed E-state index contributed by atoms with van der Waals surface area (Å²) < 4.78 is 39.9. The van der Waals surface area contributed by atoms with Gasteiger partial charge in [0.2, 0.25) is 0 Å². The molecule has 15 heavy (non-hydrogen) atoms. The highest BCUT2D eigenvalue weighted by Gasteiger charge is 2.33. The molecule has 1 rings (SSSR count). The number of nitrogens with two attached hydrogens (primary N) is 2. The highest BCUT2D eigenvalue weighted by Crippen LogP contribution is 2.30. The summed E-state index contributed by atoms with van der Waals surface area (Å²) in [7, 11) is 0. The van der Waals surface area contributed by atoms with Gasteiger partial charge >= 0.3 is 6.36 Å². The lowest BCUT2D eigenvalue weighted by Gasteiger charge is -2.13. The Kier molecular flexibility index (Phi) is 3.60. The van der Waals surface area contributed by atoms with Crippen molar-refractivity contribution < 1.29 is 17.9 Å². The largest absolute Gasteiger partial charge is 0.573 e. The fraction of sp³-hybridized carbons (Fsp3) is 0.286. The summed E-state index contributed by atoms with van der Waals surface area (Å²) in [6.45, 7) is -0.103. The van der Waals surface area contributed by atoms with Crippen molar-refractivity contribution in [2.24, 2.45) is 5.73 Å². The van der Waals surface area contributed by atoms with Gasteiger partial charge in [-0.05, 0) is 28.7 Å². The Morgan fingerprint density at radius 1 is 1.47 bits per heavy atom. The van der Waals surface area contributed by atoms with Crippen LogP contribution in [0.5, 0.6) is 5.75 Å². The average Bonchev–Trinajstić information content (AvgIpc) is 2.07. The molecule has 0 radical (unpaired) electrons. The zero-order valence-electron chi connectivity index (χ0n) is 7.31. The van der Waals surface area contributed by atoms with Crippen molar-refractivity contribution >= 4 is 28.4 Å². The molecule has 4 N–H and O–H groups in total. The smallest absolute Gasteiger partial charge is 0.403 e. The number of nitrogen functional groups attached to an aromatic ring is 1. The van der Waals surface area contributed by atoms with E-state index < -0.39 is 6.36 Å². The molecule has 0 bridgehead atoms. The molecule has 0 unspecified atom stereocenters. The molecule has 1 aromatic rings. The number of hydrogen-bond acceptors (Lipinski definition) is 4. The van der Waals surface area contributed by atoms with E-state index in [0.29, 0.717) is 0 Å². The van der Waals surface area contributed by atoms with Crippen LogP contribution in [0.25, 0.3) is 0 Å². The molecule has 0 saturated carbocycles. The number of rotatable bonds is 2. The monoisotopic (exact) mass is 333 g/mol. The van der Waals surface area contributed by atoms with Gasteiger partial charge < -0.3 is 16.2 Å². The van der Waals surface area contributed by atoms with Gasteiger partial charge in [0.1, 0.15) is 9.52 Å². The number of anilines is 1. The highest BCUT2D eigenvalue weighted by molar-refractivity contribution is 14.1. The summed E-state index contributed by atoms with van der Waals surface area (Å²) in [5.74, 6) is -0.283. The zero-order chi connectivity index (χ0) is 11.6. The number of nitrogens with zero attached hydrogens (tertiary/aromatic N) is 1. The second kappa shape index (κ2) is 4.39. The molecule has 0 aromatic carbocycles. The first-order valence-electron chi connectivity index (χ1n) is 3.74. The Hall–Kier alpha value is -0.770. The van der Waals surface area contributed by atoms with Crippen LogP contribution in [0.4, 0.5) is 19.0 Å². The van der Waals surface area contributed by atoms with Crippen LogP contribution in [-0.2, 0) is 6.54 Å². The molecular weight excluding hydrogens is 326 g/mol. The summed E-state index contributed by atoms with van der Waals surface area (Å²) in [4.78, 5) is 3.65. The van der Waals surface area contributed by atoms with Crippen LogP contribution in [0.3, 0.4) is 0 Å². The molecule has 4 nitrogen and oxygen atoms in total. The van der Waals surface area contributed by atoms with E-state index in [2.05, 4.69) is 9.72 Å². The van der Waals surface area contributed by atoms with Crippen molar-refractivity contribution in [1.29, 1.82) is 0 Å². The molecule has 0 saturated heterocycles. The van der Waals surface area contributed by atoms with Crippen LogP contribution < -0.4 is 16.2 Å². The van der Waals surface area contributed by atoms with E-state index in [0.717, 1.165) is 0 Å². The highest BCUT2D eigenvalue weighted by atomic mass is 127. The van der Waals surface area contributed by atoms with Crippen LogP contribution in [0.2, 0.25) is 0 Å². The Bertz CT molecular complexity index is 369. The summed E-state index contributed by atoms with van der Waals surface area (Å²) in [5.41, 5.74) is 10.8. The average molecular weight is 333 g/mol. The van der Waals surface area contributed by atoms with E-state index in [1.165, 1.54) is 6.07 Å². The van der Waals surface area contributed by atoms with Crippen molar-refractivity contribution in [3.63, 3.8) is 0 Å². The number of ether oxygens (including phenoxy) is 1. The topological polar surface area (TPSA) is 74.2 Å². The maximum Gasteiger partial charge on any atom is 0.573 e. The lowest BCUT2D eigenvalue weighted by Crippen LogP contribution is -2.20. The summed E-state index contributed by atoms with van der Waals surface area (Å²) in [6, 6.07) is 1.25. The molecule has 0 aliphatic heterocycles. The first kappa shape index (κ1) is 12.3. The summed E-state index contributed by atoms with van der Waals surface area (Å²) >= 11 is 1.60. The minimum Gasteiger partial charge on any atom is -0.403 e. The number of alkyl halides is 3. The summed E-state index contributed by atoms with van der Waals surface area (Å²) in [6.07, 6.45) is -4.76. The minimum absolute atomic E-state index is 0.0328. The molecule has 0 fully saturated rings. The first-order valence-corrected chi connectivity index (χ1v) is 4.82. The predicted molar refractivity (Wildman–Crippen MR) is 55.9 cm³/mol. The van der Waals surface area contributed by atoms with E-state index in [1.807, 2.05) is 0 Å². The van der Waals surface area contributed by atoms with Gasteiger partial charge in [0, 0.05) is 12.1 Å². The van der Waals surface area contributed by atoms with Gasteiger partial charge in [-0.3, -0.25) is 0 Å². The Morgan fingerprint density at radius 3 is 2.53 bits per heavy atom. The lowest BCUT2D eigenvalue weighted by atomic mass is 10.2. The van der Waals surface area contributed by atoms with Crippen LogP contribution in [0.1, 0.15) is 5.56 Å². The van der Waals surface area contributed by atoms with Gasteiger partial charge in [-0.25, -0.2) is 4.98 Å². The third-order valence-electron chi connectivity index (χ3n) is 1.47. The Morgan fingerprint density at radius 2 is 2.07 bits per heavy atom. The third-order valence-corrected chi connectivity index (χ3v) is 2.20. The minimum atomic E-state index is -4.76.